The molecule has 1 aromatic heterocycles. The Bertz CT molecular complexity index is 1960. The van der Waals surface area contributed by atoms with Crippen LogP contribution < -0.4 is 21.5 Å². The summed E-state index contributed by atoms with van der Waals surface area (Å²) in [6.07, 6.45) is -3.15. The molecule has 17 heteroatoms. The summed E-state index contributed by atoms with van der Waals surface area (Å²) in [4.78, 5) is 52.2. The second-order valence-electron chi connectivity index (χ2n) is 13.6. The maximum atomic E-state index is 14.0. The van der Waals surface area contributed by atoms with Gasteiger partial charge in [0.2, 0.25) is 5.71 Å². The normalized spacial score (nSPS) is 13.1. The fraction of sp³-hybridized carbons (Fsp3) is 0.333. The van der Waals surface area contributed by atoms with Gasteiger partial charge in [0, 0.05) is 44.6 Å². The number of guanidine groups is 1. The van der Waals surface area contributed by atoms with E-state index in [9.17, 15) is 19.5 Å². The van der Waals surface area contributed by atoms with Crippen LogP contribution in [-0.2, 0) is 37.0 Å². The molecular weight excluding hydrogens is 741 g/mol. The molecule has 5 rings (SSSR count). The van der Waals surface area contributed by atoms with Crippen molar-refractivity contribution >= 4 is 46.2 Å². The SMILES string of the molecule is CC(C)(C)OC(=O)Nc1nc(/C(=N/O[C@@H](COc2ccc3c(c2)CN(C(=N)N(CCN)CCN)C3)C(=O)OC(c2ccccc2)c2ccccc2)C(=O)O)cs1. The number of ether oxygens (including phenoxy) is 3. The maximum absolute atomic E-state index is 14.0. The molecule has 0 saturated carbocycles. The van der Waals surface area contributed by atoms with Gasteiger partial charge in [-0.25, -0.2) is 19.4 Å². The van der Waals surface area contributed by atoms with Gasteiger partial charge < -0.3 is 45.4 Å². The second-order valence-corrected chi connectivity index (χ2v) is 14.5. The summed E-state index contributed by atoms with van der Waals surface area (Å²) in [5.41, 5.74) is 13.3. The number of carbonyl (C=O) groups is 3. The number of nitrogens with zero attached hydrogens (tertiary/aromatic N) is 4. The van der Waals surface area contributed by atoms with Gasteiger partial charge >= 0.3 is 18.0 Å². The predicted octanol–water partition coefficient (Wildman–Crippen LogP) is 4.55. The Balaban J connectivity index is 1.38. The lowest BCUT2D eigenvalue weighted by Gasteiger charge is -2.30. The number of thiazole rings is 1. The molecule has 7 N–H and O–H groups in total. The molecule has 0 unspecified atom stereocenters. The highest BCUT2D eigenvalue weighted by molar-refractivity contribution is 7.14. The summed E-state index contributed by atoms with van der Waals surface area (Å²) in [7, 11) is 0. The number of aliphatic carboxylic acids is 1. The van der Waals surface area contributed by atoms with Crippen LogP contribution in [0.1, 0.15) is 54.8 Å². The van der Waals surface area contributed by atoms with Crippen molar-refractivity contribution in [3.8, 4) is 5.75 Å². The number of carboxylic acids is 1. The zero-order valence-corrected chi connectivity index (χ0v) is 32.2. The van der Waals surface area contributed by atoms with Crippen LogP contribution in [0.2, 0.25) is 0 Å². The monoisotopic (exact) mass is 786 g/mol. The van der Waals surface area contributed by atoms with Crippen molar-refractivity contribution in [2.75, 3.05) is 38.1 Å². The molecule has 0 spiro atoms. The zero-order valence-electron chi connectivity index (χ0n) is 31.3. The molecule has 0 saturated heterocycles. The van der Waals surface area contributed by atoms with E-state index in [-0.39, 0.29) is 10.8 Å². The summed E-state index contributed by atoms with van der Waals surface area (Å²) in [6.45, 7) is 7.43. The number of fused-ring (bicyclic) bond motifs is 1. The van der Waals surface area contributed by atoms with Crippen molar-refractivity contribution < 1.29 is 38.5 Å². The first-order chi connectivity index (χ1) is 26.8. The number of aromatic nitrogens is 1. The minimum atomic E-state index is -1.55. The second kappa shape index (κ2) is 19.0. The van der Waals surface area contributed by atoms with E-state index < -0.39 is 48.2 Å². The molecular formula is C39H46N8O8S. The summed E-state index contributed by atoms with van der Waals surface area (Å²) < 4.78 is 17.4. The smallest absolute Gasteiger partial charge is 0.413 e. The molecule has 4 aromatic rings. The maximum Gasteiger partial charge on any atom is 0.413 e. The molecule has 56 heavy (non-hydrogen) atoms. The van der Waals surface area contributed by atoms with Crippen LogP contribution in [0.4, 0.5) is 9.93 Å². The number of oxime groups is 1. The Morgan fingerprint density at radius 3 is 2.20 bits per heavy atom. The fourth-order valence-electron chi connectivity index (χ4n) is 5.68. The largest absolute Gasteiger partial charge is 0.489 e. The molecule has 1 aliphatic rings. The van der Waals surface area contributed by atoms with Crippen molar-refractivity contribution in [3.05, 3.63) is 112 Å². The molecule has 296 valence electrons. The first kappa shape index (κ1) is 41.1. The topological polar surface area (TPSA) is 228 Å². The van der Waals surface area contributed by atoms with Gasteiger partial charge in [-0.1, -0.05) is 71.9 Å². The average Bonchev–Trinajstić information content (AvgIpc) is 3.81. The minimum Gasteiger partial charge on any atom is -0.489 e. The summed E-state index contributed by atoms with van der Waals surface area (Å²) in [5.74, 6) is -1.64. The van der Waals surface area contributed by atoms with Gasteiger partial charge in [-0.15, -0.1) is 11.3 Å². The number of nitrogens with two attached hydrogens (primary N) is 2. The highest BCUT2D eigenvalue weighted by atomic mass is 32.1. The van der Waals surface area contributed by atoms with Crippen LogP contribution >= 0.6 is 11.3 Å². The Morgan fingerprint density at radius 2 is 1.61 bits per heavy atom. The zero-order chi connectivity index (χ0) is 40.2. The molecule has 16 nitrogen and oxygen atoms in total. The van der Waals surface area contributed by atoms with Gasteiger partial charge in [0.25, 0.3) is 6.10 Å². The first-order valence-corrected chi connectivity index (χ1v) is 18.7. The lowest BCUT2D eigenvalue weighted by atomic mass is 10.0. The molecule has 0 fully saturated rings. The van der Waals surface area contributed by atoms with E-state index in [1.54, 1.807) is 26.8 Å². The predicted molar refractivity (Wildman–Crippen MR) is 210 cm³/mol. The number of anilines is 1. The lowest BCUT2D eigenvalue weighted by Crippen LogP contribution is -2.45. The highest BCUT2D eigenvalue weighted by Crippen LogP contribution is 2.29. The molecule has 3 aromatic carbocycles. The van der Waals surface area contributed by atoms with E-state index in [2.05, 4.69) is 15.5 Å². The van der Waals surface area contributed by atoms with Crippen LogP contribution in [0, 0.1) is 5.41 Å². The van der Waals surface area contributed by atoms with Gasteiger partial charge in [0.1, 0.15) is 23.7 Å². The summed E-state index contributed by atoms with van der Waals surface area (Å²) in [5, 5.41) is 26.6. The number of nitrogens with one attached hydrogen (secondary N) is 2. The van der Waals surface area contributed by atoms with Crippen molar-refractivity contribution in [1.29, 1.82) is 5.41 Å². The first-order valence-electron chi connectivity index (χ1n) is 17.8. The lowest BCUT2D eigenvalue weighted by molar-refractivity contribution is -0.163. The molecule has 1 atom stereocenters. The third-order valence-electron chi connectivity index (χ3n) is 8.23. The van der Waals surface area contributed by atoms with Crippen molar-refractivity contribution in [1.82, 2.24) is 14.8 Å². The quantitative estimate of drug-likeness (QED) is 0.0455. The van der Waals surface area contributed by atoms with E-state index in [1.165, 1.54) is 5.38 Å². The van der Waals surface area contributed by atoms with Gasteiger partial charge in [-0.3, -0.25) is 10.7 Å². The molecule has 0 radical (unpaired) electrons. The Labute approximate surface area is 328 Å². The van der Waals surface area contributed by atoms with E-state index in [0.717, 1.165) is 22.5 Å². The minimum absolute atomic E-state index is 0.0628. The number of hydrogen-bond acceptors (Lipinski definition) is 13. The standard InChI is InChI=1S/C39H46N8O8S/c1-39(2,3)54-38(51)44-37-43-30(24-56-37)32(34(48)49)45-55-31(35(50)53-33(25-10-6-4-7-11-25)26-12-8-5-9-13-26)23-52-29-15-14-27-21-47(22-28(27)20-29)36(42)46(18-16-40)19-17-41/h4-15,20,24,31,33,42H,16-19,21-23,40-41H2,1-3H3,(H,48,49)(H,43,44,51)/b42-36?,45-32-/t31-/m0/s1. The van der Waals surface area contributed by atoms with Crippen LogP contribution in [0.15, 0.2) is 89.4 Å². The van der Waals surface area contributed by atoms with Crippen LogP contribution in [0.5, 0.6) is 5.75 Å². The van der Waals surface area contributed by atoms with E-state index in [4.69, 9.17) is 35.9 Å². The van der Waals surface area contributed by atoms with Crippen LogP contribution in [0.25, 0.3) is 0 Å². The van der Waals surface area contributed by atoms with Crippen molar-refractivity contribution in [3.63, 3.8) is 0 Å². The molecule has 1 amide bonds. The Hall–Kier alpha value is -6.04. The van der Waals surface area contributed by atoms with E-state index >= 15 is 0 Å². The Kier molecular flexibility index (Phi) is 14.0. The third kappa shape index (κ3) is 11.2. The number of carbonyl (C=O) groups excluding carboxylic acids is 2. The van der Waals surface area contributed by atoms with Crippen LogP contribution in [0.3, 0.4) is 0 Å². The van der Waals surface area contributed by atoms with Gasteiger partial charge in [-0.2, -0.15) is 0 Å². The molecule has 2 heterocycles. The number of esters is 1. The number of amides is 1. The fourth-order valence-corrected chi connectivity index (χ4v) is 6.36. The number of carboxylic acid groups (broad SMARTS) is 1. The summed E-state index contributed by atoms with van der Waals surface area (Å²) in [6, 6.07) is 23.7. The average molecular weight is 787 g/mol. The van der Waals surface area contributed by atoms with Crippen molar-refractivity contribution in [2.24, 2.45) is 16.6 Å². The van der Waals surface area contributed by atoms with Gasteiger partial charge in [0.15, 0.2) is 17.2 Å². The van der Waals surface area contributed by atoms with Crippen LogP contribution in [-0.4, -0.2) is 94.1 Å². The number of hydrogen-bond donors (Lipinski definition) is 5. The molecule has 0 aliphatic carbocycles. The molecule has 0 bridgehead atoms. The van der Waals surface area contributed by atoms with E-state index in [0.29, 0.717) is 62.1 Å². The number of rotatable bonds is 16. The van der Waals surface area contributed by atoms with E-state index in [1.807, 2.05) is 82.6 Å². The third-order valence-corrected chi connectivity index (χ3v) is 8.99. The molecule has 1 aliphatic heterocycles. The number of benzene rings is 3. The summed E-state index contributed by atoms with van der Waals surface area (Å²) >= 11 is 0.949. The highest BCUT2D eigenvalue weighted by Gasteiger charge is 2.31. The Morgan fingerprint density at radius 1 is 0.982 bits per heavy atom. The van der Waals surface area contributed by atoms with Crippen molar-refractivity contribution in [2.45, 2.75) is 51.7 Å². The van der Waals surface area contributed by atoms with Gasteiger partial charge in [-0.05, 0) is 55.2 Å². The van der Waals surface area contributed by atoms with Gasteiger partial charge in [0.05, 0.1) is 0 Å².